The summed E-state index contributed by atoms with van der Waals surface area (Å²) in [5, 5.41) is 10.7. The fourth-order valence-electron chi connectivity index (χ4n) is 3.01. The Balaban J connectivity index is 1.64. The Kier molecular flexibility index (Phi) is 4.57. The van der Waals surface area contributed by atoms with Gasteiger partial charge in [-0.1, -0.05) is 18.2 Å². The lowest BCUT2D eigenvalue weighted by Crippen LogP contribution is -2.45. The van der Waals surface area contributed by atoms with E-state index in [0.717, 1.165) is 11.6 Å². The Morgan fingerprint density at radius 3 is 2.62 bits per heavy atom. The first-order valence-corrected chi connectivity index (χ1v) is 7.83. The van der Waals surface area contributed by atoms with E-state index >= 15 is 0 Å². The average molecular weight is 332 g/mol. The van der Waals surface area contributed by atoms with Gasteiger partial charge in [-0.3, -0.25) is 9.78 Å². The van der Waals surface area contributed by atoms with Crippen molar-refractivity contribution in [2.45, 2.75) is 24.9 Å². The van der Waals surface area contributed by atoms with E-state index in [1.54, 1.807) is 23.4 Å². The van der Waals surface area contributed by atoms with Gasteiger partial charge in [-0.25, -0.2) is 8.78 Å². The first kappa shape index (κ1) is 16.5. The molecule has 3 rings (SSSR count). The van der Waals surface area contributed by atoms with Gasteiger partial charge in [-0.15, -0.1) is 0 Å². The second kappa shape index (κ2) is 6.65. The average Bonchev–Trinajstić information content (AvgIpc) is 2.60. The lowest BCUT2D eigenvalue weighted by molar-refractivity contribution is -0.135. The van der Waals surface area contributed by atoms with Crippen LogP contribution in [-0.4, -0.2) is 34.0 Å². The van der Waals surface area contributed by atoms with Crippen LogP contribution in [0.3, 0.4) is 0 Å². The SMILES string of the molecule is O=C(Cc1cccc(F)c1F)N1CCC(O)(c2cccnc2)CC1. The van der Waals surface area contributed by atoms with Crippen LogP contribution in [-0.2, 0) is 16.8 Å². The van der Waals surface area contributed by atoms with Crippen molar-refractivity contribution in [3.05, 3.63) is 65.5 Å². The first-order chi connectivity index (χ1) is 11.5. The summed E-state index contributed by atoms with van der Waals surface area (Å²) in [6.45, 7) is 0.725. The van der Waals surface area contributed by atoms with Crippen LogP contribution in [0.25, 0.3) is 0 Å². The van der Waals surface area contributed by atoms with E-state index in [1.807, 2.05) is 6.07 Å². The Morgan fingerprint density at radius 2 is 1.96 bits per heavy atom. The van der Waals surface area contributed by atoms with E-state index in [4.69, 9.17) is 0 Å². The Morgan fingerprint density at radius 1 is 1.21 bits per heavy atom. The molecule has 6 heteroatoms. The zero-order valence-electron chi connectivity index (χ0n) is 13.1. The number of nitrogens with zero attached hydrogens (tertiary/aromatic N) is 2. The van der Waals surface area contributed by atoms with Gasteiger partial charge in [-0.05, 0) is 25.0 Å². The van der Waals surface area contributed by atoms with Crippen molar-refractivity contribution in [2.75, 3.05) is 13.1 Å². The number of hydrogen-bond donors (Lipinski definition) is 1. The highest BCUT2D eigenvalue weighted by molar-refractivity contribution is 5.79. The predicted molar refractivity (Wildman–Crippen MR) is 84.0 cm³/mol. The topological polar surface area (TPSA) is 53.4 Å². The van der Waals surface area contributed by atoms with Gasteiger partial charge in [0.1, 0.15) is 0 Å². The molecule has 0 aliphatic carbocycles. The number of likely N-dealkylation sites (tertiary alicyclic amines) is 1. The number of hydrogen-bond acceptors (Lipinski definition) is 3. The molecule has 1 saturated heterocycles. The van der Waals surface area contributed by atoms with Crippen molar-refractivity contribution in [2.24, 2.45) is 0 Å². The van der Waals surface area contributed by atoms with E-state index in [1.165, 1.54) is 12.1 Å². The number of aliphatic hydroxyl groups is 1. The van der Waals surface area contributed by atoms with E-state index in [9.17, 15) is 18.7 Å². The molecule has 1 aromatic heterocycles. The Labute approximate surface area is 138 Å². The molecule has 2 aromatic rings. The molecule has 4 nitrogen and oxygen atoms in total. The van der Waals surface area contributed by atoms with Gasteiger partial charge in [0.2, 0.25) is 5.91 Å². The monoisotopic (exact) mass is 332 g/mol. The molecule has 1 aliphatic rings. The summed E-state index contributed by atoms with van der Waals surface area (Å²) in [6.07, 6.45) is 3.85. The number of amides is 1. The van der Waals surface area contributed by atoms with Crippen molar-refractivity contribution in [1.82, 2.24) is 9.88 Å². The third-order valence-corrected chi connectivity index (χ3v) is 4.52. The van der Waals surface area contributed by atoms with Crippen molar-refractivity contribution < 1.29 is 18.7 Å². The van der Waals surface area contributed by atoms with Crippen LogP contribution in [0.15, 0.2) is 42.7 Å². The number of benzene rings is 1. The van der Waals surface area contributed by atoms with Gasteiger partial charge in [0.15, 0.2) is 11.6 Å². The van der Waals surface area contributed by atoms with Crippen LogP contribution in [0.5, 0.6) is 0 Å². The van der Waals surface area contributed by atoms with Crippen molar-refractivity contribution in [1.29, 1.82) is 0 Å². The molecule has 1 fully saturated rings. The normalized spacial score (nSPS) is 16.9. The van der Waals surface area contributed by atoms with Gasteiger partial charge in [0.05, 0.1) is 12.0 Å². The lowest BCUT2D eigenvalue weighted by atomic mass is 9.85. The molecule has 0 bridgehead atoms. The van der Waals surface area contributed by atoms with E-state index in [-0.39, 0.29) is 17.9 Å². The fourth-order valence-corrected chi connectivity index (χ4v) is 3.01. The van der Waals surface area contributed by atoms with E-state index in [2.05, 4.69) is 4.98 Å². The Hall–Kier alpha value is -2.34. The van der Waals surface area contributed by atoms with Gasteiger partial charge >= 0.3 is 0 Å². The molecular weight excluding hydrogens is 314 g/mol. The fraction of sp³-hybridized carbons (Fsp3) is 0.333. The molecule has 126 valence electrons. The molecule has 0 radical (unpaired) electrons. The standard InChI is InChI=1S/C18H18F2N2O2/c19-15-5-1-3-13(17(15)20)11-16(23)22-9-6-18(24,7-10-22)14-4-2-8-21-12-14/h1-5,8,12,24H,6-7,9-11H2. The molecule has 24 heavy (non-hydrogen) atoms. The molecule has 1 N–H and O–H groups in total. The van der Waals surface area contributed by atoms with Crippen molar-refractivity contribution >= 4 is 5.91 Å². The van der Waals surface area contributed by atoms with Crippen LogP contribution >= 0.6 is 0 Å². The maximum Gasteiger partial charge on any atom is 0.227 e. The number of pyridine rings is 1. The van der Waals surface area contributed by atoms with Crippen LogP contribution < -0.4 is 0 Å². The number of aromatic nitrogens is 1. The molecule has 0 atom stereocenters. The summed E-state index contributed by atoms with van der Waals surface area (Å²) in [4.78, 5) is 17.9. The van der Waals surface area contributed by atoms with E-state index in [0.29, 0.717) is 25.9 Å². The summed E-state index contributed by atoms with van der Waals surface area (Å²) in [5.74, 6) is -2.20. The lowest BCUT2D eigenvalue weighted by Gasteiger charge is -2.38. The summed E-state index contributed by atoms with van der Waals surface area (Å²) >= 11 is 0. The number of piperidine rings is 1. The number of carbonyl (C=O) groups is 1. The summed E-state index contributed by atoms with van der Waals surface area (Å²) < 4.78 is 26.9. The highest BCUT2D eigenvalue weighted by Crippen LogP contribution is 2.32. The molecular formula is C18H18F2N2O2. The van der Waals surface area contributed by atoms with Crippen LogP contribution in [0, 0.1) is 11.6 Å². The van der Waals surface area contributed by atoms with Crippen LogP contribution in [0.1, 0.15) is 24.0 Å². The summed E-state index contributed by atoms with van der Waals surface area (Å²) in [6, 6.07) is 7.40. The number of carbonyl (C=O) groups excluding carboxylic acids is 1. The van der Waals surface area contributed by atoms with Crippen molar-refractivity contribution in [3.8, 4) is 0 Å². The largest absolute Gasteiger partial charge is 0.385 e. The Bertz CT molecular complexity index is 729. The second-order valence-corrected chi connectivity index (χ2v) is 6.04. The van der Waals surface area contributed by atoms with Crippen molar-refractivity contribution in [3.63, 3.8) is 0 Å². The number of halogens is 2. The summed E-state index contributed by atoms with van der Waals surface area (Å²) in [7, 11) is 0. The van der Waals surface area contributed by atoms with Gasteiger partial charge in [-0.2, -0.15) is 0 Å². The molecule has 1 aliphatic heterocycles. The smallest absolute Gasteiger partial charge is 0.227 e. The quantitative estimate of drug-likeness (QED) is 0.939. The van der Waals surface area contributed by atoms with Gasteiger partial charge in [0.25, 0.3) is 0 Å². The molecule has 1 amide bonds. The summed E-state index contributed by atoms with van der Waals surface area (Å²) in [5.41, 5.74) is -0.226. The van der Waals surface area contributed by atoms with E-state index < -0.39 is 17.2 Å². The molecule has 0 unspecified atom stereocenters. The molecule has 1 aromatic carbocycles. The molecule has 0 saturated carbocycles. The molecule has 0 spiro atoms. The minimum absolute atomic E-state index is 0.0492. The van der Waals surface area contributed by atoms with Gasteiger partial charge < -0.3 is 10.0 Å². The minimum atomic E-state index is -1.00. The van der Waals surface area contributed by atoms with Crippen LogP contribution in [0.2, 0.25) is 0 Å². The number of rotatable bonds is 3. The maximum atomic E-state index is 13.7. The highest BCUT2D eigenvalue weighted by Gasteiger charge is 2.35. The predicted octanol–water partition coefficient (Wildman–Crippen LogP) is 2.41. The minimum Gasteiger partial charge on any atom is -0.385 e. The van der Waals surface area contributed by atoms with Crippen LogP contribution in [0.4, 0.5) is 8.78 Å². The third-order valence-electron chi connectivity index (χ3n) is 4.52. The first-order valence-electron chi connectivity index (χ1n) is 7.83. The highest BCUT2D eigenvalue weighted by atomic mass is 19.2. The maximum absolute atomic E-state index is 13.7. The zero-order chi connectivity index (χ0) is 17.2. The molecule has 2 heterocycles. The second-order valence-electron chi connectivity index (χ2n) is 6.04. The third kappa shape index (κ3) is 3.28. The van der Waals surface area contributed by atoms with Gasteiger partial charge in [0, 0.05) is 36.6 Å². The zero-order valence-corrected chi connectivity index (χ0v) is 13.1.